The first-order valence-corrected chi connectivity index (χ1v) is 8.70. The molecule has 0 atom stereocenters. The summed E-state index contributed by atoms with van der Waals surface area (Å²) in [4.78, 5) is 17.7. The normalized spacial score (nSPS) is 20.9. The van der Waals surface area contributed by atoms with Crippen LogP contribution >= 0.6 is 0 Å². The third kappa shape index (κ3) is 4.12. The fourth-order valence-corrected chi connectivity index (χ4v) is 3.43. The van der Waals surface area contributed by atoms with Crippen molar-refractivity contribution in [2.75, 3.05) is 26.3 Å². The molecule has 2 N–H and O–H groups in total. The molecule has 0 radical (unpaired) electrons. The molecule has 0 saturated carbocycles. The van der Waals surface area contributed by atoms with Gasteiger partial charge in [0.25, 0.3) is 0 Å². The van der Waals surface area contributed by atoms with E-state index in [4.69, 9.17) is 15.3 Å². The fraction of sp³-hybridized carbons (Fsp3) is 0.611. The van der Waals surface area contributed by atoms with E-state index in [1.807, 2.05) is 6.07 Å². The van der Waals surface area contributed by atoms with Gasteiger partial charge in [-0.2, -0.15) is 0 Å². The number of hydroxylamine groups is 2. The molecule has 0 aromatic heterocycles. The molecule has 0 amide bonds. The minimum atomic E-state index is -0.176. The first-order chi connectivity index (χ1) is 11.7. The summed E-state index contributed by atoms with van der Waals surface area (Å²) in [6.07, 6.45) is 3.00. The largest absolute Gasteiger partial charge is 0.381 e. The molecule has 2 aliphatic rings. The molecule has 2 saturated heterocycles. The maximum absolute atomic E-state index is 14.1. The molecule has 1 aromatic carbocycles. The molecule has 0 spiro atoms. The van der Waals surface area contributed by atoms with Crippen molar-refractivity contribution < 1.29 is 18.8 Å². The number of ether oxygens (including phenoxy) is 1. The van der Waals surface area contributed by atoms with Crippen LogP contribution in [0.1, 0.15) is 42.7 Å². The summed E-state index contributed by atoms with van der Waals surface area (Å²) in [6, 6.07) is 5.09. The van der Waals surface area contributed by atoms with E-state index in [9.17, 15) is 9.18 Å². The molecule has 132 valence electrons. The van der Waals surface area contributed by atoms with E-state index in [0.717, 1.165) is 36.8 Å². The number of hydrogen-bond donors (Lipinski definition) is 1. The minimum Gasteiger partial charge on any atom is -0.381 e. The van der Waals surface area contributed by atoms with Gasteiger partial charge in [0.1, 0.15) is 5.82 Å². The second-order valence-corrected chi connectivity index (χ2v) is 6.56. The van der Waals surface area contributed by atoms with Crippen LogP contribution in [0, 0.1) is 11.7 Å². The van der Waals surface area contributed by atoms with Gasteiger partial charge in [0.2, 0.25) is 0 Å². The Labute approximate surface area is 141 Å². The number of benzene rings is 1. The van der Waals surface area contributed by atoms with E-state index in [1.54, 1.807) is 11.1 Å². The van der Waals surface area contributed by atoms with Crippen LogP contribution in [-0.2, 0) is 20.9 Å². The van der Waals surface area contributed by atoms with Crippen LogP contribution in [0.15, 0.2) is 18.2 Å². The summed E-state index contributed by atoms with van der Waals surface area (Å²) in [6.45, 7) is 2.92. The standard InChI is InChI=1S/C18H25FN2O3/c19-17-2-1-13(12-20)11-16(17)14-3-7-21(8-4-14)24-18(22)15-5-9-23-10-6-15/h1-2,11,14-15H,3-10,12,20H2. The molecule has 0 aliphatic carbocycles. The Morgan fingerprint density at radius 2 is 1.96 bits per heavy atom. The Morgan fingerprint density at radius 1 is 1.25 bits per heavy atom. The van der Waals surface area contributed by atoms with Crippen molar-refractivity contribution in [1.82, 2.24) is 5.06 Å². The molecule has 5 nitrogen and oxygen atoms in total. The van der Waals surface area contributed by atoms with E-state index in [1.165, 1.54) is 6.07 Å². The molecular weight excluding hydrogens is 311 g/mol. The van der Waals surface area contributed by atoms with Crippen molar-refractivity contribution in [2.45, 2.75) is 38.1 Å². The summed E-state index contributed by atoms with van der Waals surface area (Å²) in [7, 11) is 0. The van der Waals surface area contributed by atoms with Crippen LogP contribution in [0.2, 0.25) is 0 Å². The lowest BCUT2D eigenvalue weighted by Gasteiger charge is -2.32. The predicted molar refractivity (Wildman–Crippen MR) is 87.5 cm³/mol. The SMILES string of the molecule is NCc1ccc(F)c(C2CCN(OC(=O)C3CCOCC3)CC2)c1. The van der Waals surface area contributed by atoms with Gasteiger partial charge in [-0.25, -0.2) is 4.39 Å². The lowest BCUT2D eigenvalue weighted by atomic mass is 9.89. The average Bonchev–Trinajstić information content (AvgIpc) is 2.63. The lowest BCUT2D eigenvalue weighted by molar-refractivity contribution is -0.202. The first kappa shape index (κ1) is 17.3. The predicted octanol–water partition coefficient (Wildman–Crippen LogP) is 2.35. The van der Waals surface area contributed by atoms with E-state index in [2.05, 4.69) is 0 Å². The number of carbonyl (C=O) groups excluding carboxylic acids is 1. The Bertz CT molecular complexity index is 567. The van der Waals surface area contributed by atoms with Crippen molar-refractivity contribution in [3.63, 3.8) is 0 Å². The molecule has 24 heavy (non-hydrogen) atoms. The highest BCUT2D eigenvalue weighted by atomic mass is 19.1. The molecule has 0 bridgehead atoms. The lowest BCUT2D eigenvalue weighted by Crippen LogP contribution is -2.38. The first-order valence-electron chi connectivity index (χ1n) is 8.70. The van der Waals surface area contributed by atoms with Crippen LogP contribution in [0.4, 0.5) is 4.39 Å². The highest BCUT2D eigenvalue weighted by Crippen LogP contribution is 2.31. The smallest absolute Gasteiger partial charge is 0.328 e. The summed E-state index contributed by atoms with van der Waals surface area (Å²) in [5.74, 6) is -0.248. The Balaban J connectivity index is 1.53. The highest BCUT2D eigenvalue weighted by Gasteiger charge is 2.28. The van der Waals surface area contributed by atoms with Gasteiger partial charge in [0, 0.05) is 32.8 Å². The van der Waals surface area contributed by atoms with Crippen molar-refractivity contribution >= 4 is 5.97 Å². The maximum Gasteiger partial charge on any atom is 0.328 e. The third-order valence-electron chi connectivity index (χ3n) is 4.96. The van der Waals surface area contributed by atoms with Crippen LogP contribution in [0.5, 0.6) is 0 Å². The number of hydrogen-bond acceptors (Lipinski definition) is 5. The molecular formula is C18H25FN2O3. The van der Waals surface area contributed by atoms with Crippen LogP contribution in [-0.4, -0.2) is 37.3 Å². The number of halogens is 1. The molecule has 2 heterocycles. The van der Waals surface area contributed by atoms with Gasteiger partial charge < -0.3 is 15.3 Å². The number of rotatable bonds is 4. The number of carbonyl (C=O) groups is 1. The third-order valence-corrected chi connectivity index (χ3v) is 4.96. The topological polar surface area (TPSA) is 64.8 Å². The summed E-state index contributed by atoms with van der Waals surface area (Å²) < 4.78 is 19.4. The van der Waals surface area contributed by atoms with E-state index in [-0.39, 0.29) is 23.6 Å². The quantitative estimate of drug-likeness (QED) is 0.914. The molecule has 6 heteroatoms. The second kappa shape index (κ2) is 8.05. The zero-order chi connectivity index (χ0) is 16.9. The Morgan fingerprint density at radius 3 is 2.62 bits per heavy atom. The Hall–Kier alpha value is -1.50. The van der Waals surface area contributed by atoms with Gasteiger partial charge in [0.15, 0.2) is 0 Å². The molecule has 3 rings (SSSR count). The van der Waals surface area contributed by atoms with Crippen LogP contribution < -0.4 is 5.73 Å². The monoisotopic (exact) mass is 336 g/mol. The second-order valence-electron chi connectivity index (χ2n) is 6.56. The molecule has 2 aliphatic heterocycles. The zero-order valence-electron chi connectivity index (χ0n) is 13.9. The molecule has 2 fully saturated rings. The minimum absolute atomic E-state index is 0.0600. The van der Waals surface area contributed by atoms with Gasteiger partial charge in [-0.1, -0.05) is 12.1 Å². The van der Waals surface area contributed by atoms with Gasteiger partial charge in [-0.05, 0) is 48.8 Å². The van der Waals surface area contributed by atoms with Crippen LogP contribution in [0.25, 0.3) is 0 Å². The number of nitrogens with two attached hydrogens (primary N) is 1. The summed E-state index contributed by atoms with van der Waals surface area (Å²) in [5.41, 5.74) is 7.32. The maximum atomic E-state index is 14.1. The number of nitrogens with zero attached hydrogens (tertiary/aromatic N) is 1. The van der Waals surface area contributed by atoms with Gasteiger partial charge in [-0.3, -0.25) is 4.79 Å². The Kier molecular flexibility index (Phi) is 5.81. The van der Waals surface area contributed by atoms with Gasteiger partial charge in [0.05, 0.1) is 5.92 Å². The molecule has 0 unspecified atom stereocenters. The molecule has 1 aromatic rings. The average molecular weight is 336 g/mol. The number of piperidine rings is 1. The van der Waals surface area contributed by atoms with Crippen LogP contribution in [0.3, 0.4) is 0 Å². The zero-order valence-corrected chi connectivity index (χ0v) is 13.9. The summed E-state index contributed by atoms with van der Waals surface area (Å²) in [5, 5.41) is 1.72. The van der Waals surface area contributed by atoms with Crippen molar-refractivity contribution in [3.05, 3.63) is 35.1 Å². The summed E-state index contributed by atoms with van der Waals surface area (Å²) >= 11 is 0. The van der Waals surface area contributed by atoms with E-state index in [0.29, 0.717) is 32.8 Å². The fourth-order valence-electron chi connectivity index (χ4n) is 3.43. The van der Waals surface area contributed by atoms with Gasteiger partial charge in [-0.15, -0.1) is 5.06 Å². The van der Waals surface area contributed by atoms with E-state index < -0.39 is 0 Å². The van der Waals surface area contributed by atoms with Crippen molar-refractivity contribution in [1.29, 1.82) is 0 Å². The van der Waals surface area contributed by atoms with Gasteiger partial charge >= 0.3 is 5.97 Å². The highest BCUT2D eigenvalue weighted by molar-refractivity contribution is 5.72. The van der Waals surface area contributed by atoms with Crippen molar-refractivity contribution in [2.24, 2.45) is 11.7 Å². The van der Waals surface area contributed by atoms with Crippen molar-refractivity contribution in [3.8, 4) is 0 Å². The van der Waals surface area contributed by atoms with E-state index >= 15 is 0 Å².